The van der Waals surface area contributed by atoms with Gasteiger partial charge >= 0.3 is 0 Å². The van der Waals surface area contributed by atoms with Gasteiger partial charge in [0.25, 0.3) is 11.8 Å². The molecule has 3 aromatic rings. The minimum absolute atomic E-state index is 0.0170. The topological polar surface area (TPSA) is 63.0 Å². The highest BCUT2D eigenvalue weighted by molar-refractivity contribution is 5.91. The Bertz CT molecular complexity index is 944. The first-order valence-corrected chi connectivity index (χ1v) is 9.59. The third-order valence-corrected chi connectivity index (χ3v) is 4.98. The second-order valence-corrected chi connectivity index (χ2v) is 6.83. The standard InChI is InChI=1S/C23H22N2O4/c26-22(24-12-14-25(15-13-24)23(27)21-7-4-16-28-21)17-29-20-10-8-19(9-11-20)18-5-2-1-3-6-18/h1-11,16H,12-15,17H2. The van der Waals surface area contributed by atoms with Crippen molar-refractivity contribution in [3.05, 3.63) is 78.8 Å². The van der Waals surface area contributed by atoms with Crippen molar-refractivity contribution < 1.29 is 18.7 Å². The van der Waals surface area contributed by atoms with Gasteiger partial charge in [-0.25, -0.2) is 0 Å². The molecule has 0 atom stereocenters. The predicted molar refractivity (Wildman–Crippen MR) is 109 cm³/mol. The monoisotopic (exact) mass is 390 g/mol. The first-order chi connectivity index (χ1) is 14.2. The molecular weight excluding hydrogens is 368 g/mol. The number of hydrogen-bond acceptors (Lipinski definition) is 4. The number of carbonyl (C=O) groups is 2. The third-order valence-electron chi connectivity index (χ3n) is 4.98. The van der Waals surface area contributed by atoms with Crippen molar-refractivity contribution in [2.75, 3.05) is 32.8 Å². The highest BCUT2D eigenvalue weighted by Gasteiger charge is 2.26. The van der Waals surface area contributed by atoms with E-state index in [1.807, 2.05) is 42.5 Å². The highest BCUT2D eigenvalue weighted by Crippen LogP contribution is 2.22. The molecule has 0 aliphatic carbocycles. The minimum atomic E-state index is -0.142. The van der Waals surface area contributed by atoms with Gasteiger partial charge in [-0.3, -0.25) is 9.59 Å². The first kappa shape index (κ1) is 18.8. The van der Waals surface area contributed by atoms with Crippen LogP contribution < -0.4 is 4.74 Å². The average Bonchev–Trinajstić information content (AvgIpc) is 3.33. The van der Waals surface area contributed by atoms with Gasteiger partial charge in [-0.05, 0) is 35.4 Å². The van der Waals surface area contributed by atoms with Crippen LogP contribution in [-0.2, 0) is 4.79 Å². The molecule has 0 radical (unpaired) electrons. The lowest BCUT2D eigenvalue weighted by Crippen LogP contribution is -2.51. The fourth-order valence-corrected chi connectivity index (χ4v) is 3.33. The second kappa shape index (κ2) is 8.65. The Kier molecular flexibility index (Phi) is 5.61. The zero-order valence-corrected chi connectivity index (χ0v) is 16.0. The van der Waals surface area contributed by atoms with Crippen LogP contribution in [0.5, 0.6) is 5.75 Å². The van der Waals surface area contributed by atoms with Gasteiger partial charge in [-0.15, -0.1) is 0 Å². The fraction of sp³-hybridized carbons (Fsp3) is 0.217. The summed E-state index contributed by atoms with van der Waals surface area (Å²) in [5, 5.41) is 0. The van der Waals surface area contributed by atoms with E-state index in [0.717, 1.165) is 11.1 Å². The Morgan fingerprint density at radius 3 is 2.10 bits per heavy atom. The van der Waals surface area contributed by atoms with Crippen LogP contribution in [0.3, 0.4) is 0 Å². The molecule has 0 bridgehead atoms. The molecule has 0 spiro atoms. The molecule has 2 amide bonds. The summed E-state index contributed by atoms with van der Waals surface area (Å²) in [6.07, 6.45) is 1.48. The van der Waals surface area contributed by atoms with Crippen LogP contribution in [0.4, 0.5) is 0 Å². The summed E-state index contributed by atoms with van der Waals surface area (Å²) in [5.74, 6) is 0.760. The van der Waals surface area contributed by atoms with E-state index in [0.29, 0.717) is 37.7 Å². The van der Waals surface area contributed by atoms with E-state index in [1.165, 1.54) is 6.26 Å². The maximum atomic E-state index is 12.4. The van der Waals surface area contributed by atoms with Gasteiger partial charge in [0.2, 0.25) is 0 Å². The maximum absolute atomic E-state index is 12.4. The summed E-state index contributed by atoms with van der Waals surface area (Å²) >= 11 is 0. The van der Waals surface area contributed by atoms with Gasteiger partial charge in [0.1, 0.15) is 5.75 Å². The molecule has 148 valence electrons. The molecule has 0 unspecified atom stereocenters. The molecule has 2 heterocycles. The zero-order valence-electron chi connectivity index (χ0n) is 16.0. The second-order valence-electron chi connectivity index (χ2n) is 6.83. The number of furan rings is 1. The minimum Gasteiger partial charge on any atom is -0.484 e. The summed E-state index contributed by atoms with van der Waals surface area (Å²) in [5.41, 5.74) is 2.23. The van der Waals surface area contributed by atoms with Gasteiger partial charge in [0.05, 0.1) is 6.26 Å². The summed E-state index contributed by atoms with van der Waals surface area (Å²) in [6.45, 7) is 1.92. The predicted octanol–water partition coefficient (Wildman–Crippen LogP) is 3.31. The van der Waals surface area contributed by atoms with Crippen LogP contribution in [0.25, 0.3) is 11.1 Å². The molecule has 6 heteroatoms. The summed E-state index contributed by atoms with van der Waals surface area (Å²) in [7, 11) is 0. The van der Waals surface area contributed by atoms with Gasteiger partial charge in [-0.1, -0.05) is 42.5 Å². The number of nitrogens with zero attached hydrogens (tertiary/aromatic N) is 2. The Morgan fingerprint density at radius 1 is 0.793 bits per heavy atom. The van der Waals surface area contributed by atoms with Crippen LogP contribution in [0.1, 0.15) is 10.6 Å². The quantitative estimate of drug-likeness (QED) is 0.671. The van der Waals surface area contributed by atoms with Crippen molar-refractivity contribution in [2.45, 2.75) is 0 Å². The van der Waals surface area contributed by atoms with E-state index >= 15 is 0 Å². The number of ether oxygens (including phenoxy) is 1. The van der Waals surface area contributed by atoms with E-state index in [2.05, 4.69) is 12.1 Å². The van der Waals surface area contributed by atoms with Crippen molar-refractivity contribution in [1.29, 1.82) is 0 Å². The van der Waals surface area contributed by atoms with Gasteiger partial charge in [0.15, 0.2) is 12.4 Å². The van der Waals surface area contributed by atoms with E-state index in [9.17, 15) is 9.59 Å². The van der Waals surface area contributed by atoms with E-state index < -0.39 is 0 Å². The van der Waals surface area contributed by atoms with Crippen molar-refractivity contribution >= 4 is 11.8 Å². The number of benzene rings is 2. The van der Waals surface area contributed by atoms with E-state index in [4.69, 9.17) is 9.15 Å². The number of hydrogen-bond donors (Lipinski definition) is 0. The average molecular weight is 390 g/mol. The van der Waals surface area contributed by atoms with Gasteiger partial charge < -0.3 is 19.0 Å². The summed E-state index contributed by atoms with van der Waals surface area (Å²) in [6, 6.07) is 21.1. The fourth-order valence-electron chi connectivity index (χ4n) is 3.33. The smallest absolute Gasteiger partial charge is 0.289 e. The van der Waals surface area contributed by atoms with Crippen LogP contribution >= 0.6 is 0 Å². The first-order valence-electron chi connectivity index (χ1n) is 9.59. The maximum Gasteiger partial charge on any atom is 0.289 e. The van der Waals surface area contributed by atoms with Crippen LogP contribution in [-0.4, -0.2) is 54.4 Å². The van der Waals surface area contributed by atoms with Gasteiger partial charge in [-0.2, -0.15) is 0 Å². The largest absolute Gasteiger partial charge is 0.484 e. The highest BCUT2D eigenvalue weighted by atomic mass is 16.5. The van der Waals surface area contributed by atoms with E-state index in [-0.39, 0.29) is 18.4 Å². The SMILES string of the molecule is O=C(COc1ccc(-c2ccccc2)cc1)N1CCN(C(=O)c2ccco2)CC1. The lowest BCUT2D eigenvalue weighted by Gasteiger charge is -2.34. The van der Waals surface area contributed by atoms with Crippen LogP contribution in [0.2, 0.25) is 0 Å². The molecule has 1 saturated heterocycles. The van der Waals surface area contributed by atoms with Gasteiger partial charge in [0, 0.05) is 26.2 Å². The molecule has 0 saturated carbocycles. The Morgan fingerprint density at radius 2 is 1.45 bits per heavy atom. The molecule has 1 fully saturated rings. The molecule has 0 N–H and O–H groups in total. The Labute approximate surface area is 169 Å². The van der Waals surface area contributed by atoms with Crippen molar-refractivity contribution in [3.63, 3.8) is 0 Å². The van der Waals surface area contributed by atoms with Crippen molar-refractivity contribution in [1.82, 2.24) is 9.80 Å². The van der Waals surface area contributed by atoms with Crippen LogP contribution in [0.15, 0.2) is 77.4 Å². The van der Waals surface area contributed by atoms with Crippen molar-refractivity contribution in [3.8, 4) is 16.9 Å². The number of amides is 2. The molecule has 1 aliphatic rings. The van der Waals surface area contributed by atoms with Crippen molar-refractivity contribution in [2.24, 2.45) is 0 Å². The number of rotatable bonds is 5. The Hall–Kier alpha value is -3.54. The zero-order chi connectivity index (χ0) is 20.1. The molecule has 1 aromatic heterocycles. The normalized spacial score (nSPS) is 13.9. The van der Waals surface area contributed by atoms with E-state index in [1.54, 1.807) is 21.9 Å². The number of carbonyl (C=O) groups excluding carboxylic acids is 2. The lowest BCUT2D eigenvalue weighted by molar-refractivity contribution is -0.134. The molecule has 29 heavy (non-hydrogen) atoms. The lowest BCUT2D eigenvalue weighted by atomic mass is 10.1. The summed E-state index contributed by atoms with van der Waals surface area (Å²) < 4.78 is 10.8. The summed E-state index contributed by atoms with van der Waals surface area (Å²) in [4.78, 5) is 28.2. The molecular formula is C23H22N2O4. The Balaban J connectivity index is 1.26. The molecule has 4 rings (SSSR count). The van der Waals surface area contributed by atoms with Crippen LogP contribution in [0, 0.1) is 0 Å². The molecule has 6 nitrogen and oxygen atoms in total. The number of piperazine rings is 1. The molecule has 2 aromatic carbocycles. The molecule has 1 aliphatic heterocycles. The third kappa shape index (κ3) is 4.48.